The van der Waals surface area contributed by atoms with Gasteiger partial charge in [0.2, 0.25) is 0 Å². The van der Waals surface area contributed by atoms with Crippen LogP contribution in [0.1, 0.15) is 54.0 Å². The highest BCUT2D eigenvalue weighted by Crippen LogP contribution is 2.23. The van der Waals surface area contributed by atoms with Crippen LogP contribution in [0.2, 0.25) is 0 Å². The summed E-state index contributed by atoms with van der Waals surface area (Å²) in [4.78, 5) is 0. The topological polar surface area (TPSA) is 6.48 Å². The van der Waals surface area contributed by atoms with Crippen molar-refractivity contribution in [1.82, 2.24) is 10.0 Å². The van der Waals surface area contributed by atoms with Crippen LogP contribution in [0.15, 0.2) is 30.3 Å². The molecule has 0 saturated carbocycles. The van der Waals surface area contributed by atoms with Gasteiger partial charge in [0, 0.05) is 24.2 Å². The fourth-order valence-corrected chi connectivity index (χ4v) is 2.58. The molecule has 0 aromatic heterocycles. The van der Waals surface area contributed by atoms with Crippen molar-refractivity contribution < 1.29 is 0 Å². The summed E-state index contributed by atoms with van der Waals surface area (Å²) in [6.45, 7) is 16.9. The Balaban J connectivity index is 3.01. The van der Waals surface area contributed by atoms with Crippen LogP contribution >= 0.6 is 0 Å². The quantitative estimate of drug-likeness (QED) is 0.729. The van der Waals surface area contributed by atoms with Crippen molar-refractivity contribution in [3.8, 4) is 0 Å². The molecule has 0 aliphatic rings. The molecule has 0 spiro atoms. The van der Waals surface area contributed by atoms with E-state index in [-0.39, 0.29) is 5.54 Å². The first-order valence-electron chi connectivity index (χ1n) is 7.33. The zero-order valence-electron chi connectivity index (χ0n) is 13.6. The predicted molar refractivity (Wildman–Crippen MR) is 83.8 cm³/mol. The summed E-state index contributed by atoms with van der Waals surface area (Å²) in [6, 6.07) is 11.7. The second kappa shape index (κ2) is 6.53. The molecule has 0 radical (unpaired) electrons. The summed E-state index contributed by atoms with van der Waals surface area (Å²) < 4.78 is 0. The molecule has 0 N–H and O–H groups in total. The van der Waals surface area contributed by atoms with E-state index in [1.807, 2.05) is 0 Å². The Labute approximate surface area is 119 Å². The summed E-state index contributed by atoms with van der Waals surface area (Å²) in [5.74, 6) is 0. The minimum Gasteiger partial charge on any atom is -0.236 e. The van der Waals surface area contributed by atoms with Gasteiger partial charge in [0.15, 0.2) is 0 Å². The Morgan fingerprint density at radius 1 is 0.895 bits per heavy atom. The van der Waals surface area contributed by atoms with Crippen LogP contribution in [0, 0.1) is 0 Å². The average Bonchev–Trinajstić information content (AvgIpc) is 2.27. The molecule has 0 aliphatic carbocycles. The van der Waals surface area contributed by atoms with Crippen molar-refractivity contribution in [2.75, 3.05) is 0 Å². The van der Waals surface area contributed by atoms with Crippen LogP contribution < -0.4 is 0 Å². The molecule has 0 fully saturated rings. The van der Waals surface area contributed by atoms with Gasteiger partial charge in [-0.2, -0.15) is 0 Å². The molecular formula is C17H30N2. The Morgan fingerprint density at radius 2 is 1.37 bits per heavy atom. The number of hydrogen-bond donors (Lipinski definition) is 0. The van der Waals surface area contributed by atoms with Crippen molar-refractivity contribution in [1.29, 1.82) is 0 Å². The molecule has 0 saturated heterocycles. The van der Waals surface area contributed by atoms with Crippen LogP contribution in [0.25, 0.3) is 0 Å². The minimum absolute atomic E-state index is 0.115. The molecule has 0 bridgehead atoms. The molecule has 2 nitrogen and oxygen atoms in total. The highest BCUT2D eigenvalue weighted by atomic mass is 15.7. The third kappa shape index (κ3) is 4.63. The zero-order valence-corrected chi connectivity index (χ0v) is 13.6. The maximum Gasteiger partial charge on any atom is 0.0390 e. The maximum atomic E-state index is 2.50. The van der Waals surface area contributed by atoms with Gasteiger partial charge in [-0.1, -0.05) is 30.3 Å². The van der Waals surface area contributed by atoms with E-state index in [0.29, 0.717) is 12.1 Å². The molecule has 2 heteroatoms. The SMILES string of the molecule is CC(C)N(C(C)C)N(Cc1ccccc1)C(C)(C)C. The van der Waals surface area contributed by atoms with E-state index in [4.69, 9.17) is 0 Å². The lowest BCUT2D eigenvalue weighted by atomic mass is 10.1. The Morgan fingerprint density at radius 3 is 1.74 bits per heavy atom. The number of benzene rings is 1. The lowest BCUT2D eigenvalue weighted by Crippen LogP contribution is -2.57. The summed E-state index contributed by atoms with van der Waals surface area (Å²) in [6.07, 6.45) is 0. The Bertz CT molecular complexity index is 355. The van der Waals surface area contributed by atoms with Gasteiger partial charge in [0.05, 0.1) is 0 Å². The lowest BCUT2D eigenvalue weighted by Gasteiger charge is -2.48. The van der Waals surface area contributed by atoms with Crippen molar-refractivity contribution in [3.63, 3.8) is 0 Å². The van der Waals surface area contributed by atoms with Gasteiger partial charge in [0.1, 0.15) is 0 Å². The zero-order chi connectivity index (χ0) is 14.6. The van der Waals surface area contributed by atoms with Crippen molar-refractivity contribution >= 4 is 0 Å². The summed E-state index contributed by atoms with van der Waals surface area (Å²) in [7, 11) is 0. The van der Waals surface area contributed by atoms with Gasteiger partial charge in [-0.05, 0) is 54.0 Å². The number of hydrazine groups is 1. The van der Waals surface area contributed by atoms with Crippen LogP contribution in [0.3, 0.4) is 0 Å². The van der Waals surface area contributed by atoms with E-state index in [0.717, 1.165) is 6.54 Å². The van der Waals surface area contributed by atoms with E-state index in [1.165, 1.54) is 5.56 Å². The van der Waals surface area contributed by atoms with Crippen molar-refractivity contribution in [3.05, 3.63) is 35.9 Å². The van der Waals surface area contributed by atoms with E-state index in [1.54, 1.807) is 0 Å². The molecule has 108 valence electrons. The minimum atomic E-state index is 0.115. The fourth-order valence-electron chi connectivity index (χ4n) is 2.58. The predicted octanol–water partition coefficient (Wildman–Crippen LogP) is 4.32. The highest BCUT2D eigenvalue weighted by molar-refractivity contribution is 5.14. The van der Waals surface area contributed by atoms with Gasteiger partial charge >= 0.3 is 0 Å². The summed E-state index contributed by atoms with van der Waals surface area (Å²) >= 11 is 0. The Hall–Kier alpha value is -0.860. The van der Waals surface area contributed by atoms with E-state index in [9.17, 15) is 0 Å². The molecule has 0 amide bonds. The average molecular weight is 262 g/mol. The largest absolute Gasteiger partial charge is 0.236 e. The first-order chi connectivity index (χ1) is 8.73. The van der Waals surface area contributed by atoms with Gasteiger partial charge in [-0.3, -0.25) is 0 Å². The lowest BCUT2D eigenvalue weighted by molar-refractivity contribution is -0.137. The summed E-state index contributed by atoms with van der Waals surface area (Å²) in [5, 5.41) is 4.99. The van der Waals surface area contributed by atoms with Gasteiger partial charge in [0.25, 0.3) is 0 Å². The third-order valence-corrected chi connectivity index (χ3v) is 3.29. The Kier molecular flexibility index (Phi) is 5.57. The molecule has 0 atom stereocenters. The van der Waals surface area contributed by atoms with Crippen molar-refractivity contribution in [2.24, 2.45) is 0 Å². The van der Waals surface area contributed by atoms with Crippen molar-refractivity contribution in [2.45, 2.75) is 72.6 Å². The molecule has 1 aromatic carbocycles. The molecule has 1 aromatic rings. The molecule has 0 heterocycles. The number of hydrogen-bond acceptors (Lipinski definition) is 2. The second-order valence-corrected chi connectivity index (χ2v) is 6.78. The van der Waals surface area contributed by atoms with E-state index < -0.39 is 0 Å². The number of rotatable bonds is 5. The first-order valence-corrected chi connectivity index (χ1v) is 7.33. The number of nitrogens with zero attached hydrogens (tertiary/aromatic N) is 2. The summed E-state index contributed by atoms with van der Waals surface area (Å²) in [5.41, 5.74) is 1.48. The molecule has 0 aliphatic heterocycles. The standard InChI is InChI=1S/C17H30N2/c1-14(2)19(15(3)4)18(17(5,6)7)13-16-11-9-8-10-12-16/h8-12,14-15H,13H2,1-7H3. The van der Waals surface area contributed by atoms with Crippen LogP contribution in [-0.2, 0) is 6.54 Å². The highest BCUT2D eigenvalue weighted by Gasteiger charge is 2.30. The molecule has 19 heavy (non-hydrogen) atoms. The van der Waals surface area contributed by atoms with Gasteiger partial charge in [-0.15, -0.1) is 0 Å². The fraction of sp³-hybridized carbons (Fsp3) is 0.647. The third-order valence-electron chi connectivity index (χ3n) is 3.29. The molecular weight excluding hydrogens is 232 g/mol. The molecule has 1 rings (SSSR count). The monoisotopic (exact) mass is 262 g/mol. The van der Waals surface area contributed by atoms with Crippen LogP contribution in [0.5, 0.6) is 0 Å². The smallest absolute Gasteiger partial charge is 0.0390 e. The molecule has 0 unspecified atom stereocenters. The normalized spacial score (nSPS) is 13.0. The second-order valence-electron chi connectivity index (χ2n) is 6.78. The first kappa shape index (κ1) is 16.2. The van der Waals surface area contributed by atoms with E-state index >= 15 is 0 Å². The van der Waals surface area contributed by atoms with Gasteiger partial charge in [-0.25, -0.2) is 10.0 Å². The van der Waals surface area contributed by atoms with Gasteiger partial charge < -0.3 is 0 Å². The van der Waals surface area contributed by atoms with Crippen LogP contribution in [0.4, 0.5) is 0 Å². The maximum absolute atomic E-state index is 2.50. The van der Waals surface area contributed by atoms with Crippen LogP contribution in [-0.4, -0.2) is 27.6 Å². The van der Waals surface area contributed by atoms with E-state index in [2.05, 4.69) is 88.8 Å².